The average molecular weight is 505 g/mol. The Hall–Kier alpha value is -3.34. The SMILES string of the molecule is COCCNC(=O)c1ncc(-c2cc(F)c(OCC3CCN(C(=O)OC4(C)CC4)CC3)c(F)c2)cn1. The molecule has 1 aromatic heterocycles. The molecule has 1 saturated heterocycles. The minimum absolute atomic E-state index is 0.0585. The minimum Gasteiger partial charge on any atom is -0.487 e. The van der Waals surface area contributed by atoms with Gasteiger partial charge in [0.05, 0.1) is 13.2 Å². The van der Waals surface area contributed by atoms with E-state index < -0.39 is 23.3 Å². The van der Waals surface area contributed by atoms with Gasteiger partial charge in [-0.1, -0.05) is 0 Å². The van der Waals surface area contributed by atoms with Gasteiger partial charge in [0.2, 0.25) is 5.82 Å². The van der Waals surface area contributed by atoms with Crippen molar-refractivity contribution in [2.75, 3.05) is 40.0 Å². The maximum Gasteiger partial charge on any atom is 0.410 e. The third-order valence-corrected chi connectivity index (χ3v) is 6.40. The van der Waals surface area contributed by atoms with Crippen LogP contribution in [0.2, 0.25) is 0 Å². The first-order chi connectivity index (χ1) is 17.3. The van der Waals surface area contributed by atoms with Gasteiger partial charge >= 0.3 is 6.09 Å². The second kappa shape index (κ2) is 11.2. The Labute approximate surface area is 208 Å². The second-order valence-electron chi connectivity index (χ2n) is 9.37. The molecule has 4 rings (SSSR count). The van der Waals surface area contributed by atoms with Crippen LogP contribution in [-0.2, 0) is 9.47 Å². The number of amides is 2. The van der Waals surface area contributed by atoms with Crippen LogP contribution in [0.15, 0.2) is 24.5 Å². The predicted octanol–water partition coefficient (Wildman–Crippen LogP) is 3.58. The quantitative estimate of drug-likeness (QED) is 0.521. The summed E-state index contributed by atoms with van der Waals surface area (Å²) in [5, 5.41) is 2.59. The number of likely N-dealkylation sites (tertiary alicyclic amines) is 1. The zero-order chi connectivity index (χ0) is 25.7. The van der Waals surface area contributed by atoms with Crippen molar-refractivity contribution in [2.45, 2.75) is 38.2 Å². The molecule has 9 nitrogen and oxygen atoms in total. The summed E-state index contributed by atoms with van der Waals surface area (Å²) in [5.41, 5.74) is 0.262. The fraction of sp³-hybridized carbons (Fsp3) is 0.520. The highest BCUT2D eigenvalue weighted by atomic mass is 19.1. The molecule has 2 aliphatic rings. The second-order valence-corrected chi connectivity index (χ2v) is 9.37. The Morgan fingerprint density at radius 3 is 2.33 bits per heavy atom. The van der Waals surface area contributed by atoms with Crippen LogP contribution >= 0.6 is 0 Å². The molecule has 2 aromatic rings. The van der Waals surface area contributed by atoms with E-state index in [1.54, 1.807) is 4.90 Å². The lowest BCUT2D eigenvalue weighted by Crippen LogP contribution is -2.41. The Morgan fingerprint density at radius 1 is 1.11 bits per heavy atom. The van der Waals surface area contributed by atoms with Crippen molar-refractivity contribution in [2.24, 2.45) is 5.92 Å². The van der Waals surface area contributed by atoms with E-state index in [4.69, 9.17) is 14.2 Å². The summed E-state index contributed by atoms with van der Waals surface area (Å²) in [7, 11) is 1.52. The number of rotatable bonds is 9. The molecule has 36 heavy (non-hydrogen) atoms. The Kier molecular flexibility index (Phi) is 7.97. The van der Waals surface area contributed by atoms with Crippen LogP contribution in [-0.4, -0.2) is 72.4 Å². The van der Waals surface area contributed by atoms with Gasteiger partial charge < -0.3 is 24.4 Å². The maximum atomic E-state index is 14.7. The van der Waals surface area contributed by atoms with E-state index in [-0.39, 0.29) is 35.6 Å². The molecule has 1 N–H and O–H groups in total. The number of piperidine rings is 1. The maximum absolute atomic E-state index is 14.7. The van der Waals surface area contributed by atoms with Gasteiger partial charge in [0.15, 0.2) is 17.4 Å². The number of carbonyl (C=O) groups is 2. The van der Waals surface area contributed by atoms with Crippen molar-refractivity contribution >= 4 is 12.0 Å². The molecule has 1 aliphatic carbocycles. The van der Waals surface area contributed by atoms with Crippen LogP contribution in [0.5, 0.6) is 5.75 Å². The molecule has 194 valence electrons. The summed E-state index contributed by atoms with van der Waals surface area (Å²) in [5.74, 6) is -2.59. The van der Waals surface area contributed by atoms with Crippen LogP contribution in [0.25, 0.3) is 11.1 Å². The highest BCUT2D eigenvalue weighted by molar-refractivity contribution is 5.90. The molecule has 2 fully saturated rings. The molecular weight excluding hydrogens is 474 g/mol. The zero-order valence-electron chi connectivity index (χ0n) is 20.4. The molecule has 0 unspecified atom stereocenters. The van der Waals surface area contributed by atoms with Gasteiger partial charge in [-0.3, -0.25) is 4.79 Å². The molecule has 11 heteroatoms. The minimum atomic E-state index is -0.843. The highest BCUT2D eigenvalue weighted by Gasteiger charge is 2.43. The topological polar surface area (TPSA) is 103 Å². The summed E-state index contributed by atoms with van der Waals surface area (Å²) >= 11 is 0. The number of aromatic nitrogens is 2. The smallest absolute Gasteiger partial charge is 0.410 e. The molecule has 0 radical (unpaired) electrons. The molecule has 0 bridgehead atoms. The van der Waals surface area contributed by atoms with E-state index in [1.165, 1.54) is 19.5 Å². The van der Waals surface area contributed by atoms with Crippen LogP contribution < -0.4 is 10.1 Å². The van der Waals surface area contributed by atoms with Gasteiger partial charge in [0.25, 0.3) is 5.91 Å². The van der Waals surface area contributed by atoms with E-state index in [2.05, 4.69) is 15.3 Å². The lowest BCUT2D eigenvalue weighted by atomic mass is 9.98. The number of nitrogens with one attached hydrogen (secondary N) is 1. The normalized spacial score (nSPS) is 16.9. The van der Waals surface area contributed by atoms with E-state index in [0.29, 0.717) is 44.6 Å². The van der Waals surface area contributed by atoms with Gasteiger partial charge in [0, 0.05) is 44.7 Å². The number of nitrogens with zero attached hydrogens (tertiary/aromatic N) is 3. The summed E-state index contributed by atoms with van der Waals surface area (Å²) in [4.78, 5) is 33.8. The van der Waals surface area contributed by atoms with Gasteiger partial charge in [-0.2, -0.15) is 0 Å². The summed E-state index contributed by atoms with van der Waals surface area (Å²) in [6, 6.07) is 2.29. The first-order valence-corrected chi connectivity index (χ1v) is 12.0. The lowest BCUT2D eigenvalue weighted by molar-refractivity contribution is 0.0453. The van der Waals surface area contributed by atoms with E-state index in [9.17, 15) is 18.4 Å². The summed E-state index contributed by atoms with van der Waals surface area (Å²) in [6.45, 7) is 3.77. The first-order valence-electron chi connectivity index (χ1n) is 12.0. The van der Waals surface area contributed by atoms with Crippen molar-refractivity contribution in [1.82, 2.24) is 20.2 Å². The number of methoxy groups -OCH3 is 1. The lowest BCUT2D eigenvalue weighted by Gasteiger charge is -2.32. The van der Waals surface area contributed by atoms with Crippen LogP contribution in [0.1, 0.15) is 43.2 Å². The Balaban J connectivity index is 1.30. The molecule has 2 amide bonds. The number of hydrogen-bond acceptors (Lipinski definition) is 7. The largest absolute Gasteiger partial charge is 0.487 e. The van der Waals surface area contributed by atoms with Crippen molar-refractivity contribution in [3.8, 4) is 16.9 Å². The third kappa shape index (κ3) is 6.45. The Morgan fingerprint density at radius 2 is 1.75 bits per heavy atom. The fourth-order valence-electron chi connectivity index (χ4n) is 3.84. The van der Waals surface area contributed by atoms with Gasteiger partial charge in [-0.25, -0.2) is 23.5 Å². The van der Waals surface area contributed by atoms with Crippen molar-refractivity contribution < 1.29 is 32.6 Å². The average Bonchev–Trinajstić information content (AvgIpc) is 3.60. The van der Waals surface area contributed by atoms with Crippen molar-refractivity contribution in [3.63, 3.8) is 0 Å². The number of halogens is 2. The van der Waals surface area contributed by atoms with E-state index >= 15 is 0 Å². The van der Waals surface area contributed by atoms with Crippen molar-refractivity contribution in [1.29, 1.82) is 0 Å². The molecule has 0 atom stereocenters. The summed E-state index contributed by atoms with van der Waals surface area (Å²) < 4.78 is 45.3. The van der Waals surface area contributed by atoms with Crippen molar-refractivity contribution in [3.05, 3.63) is 42.0 Å². The van der Waals surface area contributed by atoms with Crippen LogP contribution in [0, 0.1) is 17.6 Å². The fourth-order valence-corrected chi connectivity index (χ4v) is 3.84. The Bertz CT molecular complexity index is 1060. The van der Waals surface area contributed by atoms with E-state index in [0.717, 1.165) is 25.0 Å². The number of benzene rings is 1. The number of hydrogen-bond donors (Lipinski definition) is 1. The number of ether oxygens (including phenoxy) is 3. The number of carbonyl (C=O) groups excluding carboxylic acids is 2. The van der Waals surface area contributed by atoms with E-state index in [1.807, 2.05) is 6.92 Å². The van der Waals surface area contributed by atoms with Crippen LogP contribution in [0.3, 0.4) is 0 Å². The molecular formula is C25H30F2N4O5. The predicted molar refractivity (Wildman–Crippen MR) is 126 cm³/mol. The zero-order valence-corrected chi connectivity index (χ0v) is 20.4. The van der Waals surface area contributed by atoms with Gasteiger partial charge in [-0.15, -0.1) is 0 Å². The standard InChI is InChI=1S/C25H30F2N4O5/c1-25(5-6-25)36-24(33)31-8-3-16(4-9-31)15-35-21-19(26)11-17(12-20(21)27)18-13-29-22(30-14-18)23(32)28-7-10-34-2/h11-14,16H,3-10,15H2,1-2H3,(H,28,32). The summed E-state index contributed by atoms with van der Waals surface area (Å²) in [6.07, 6.45) is 5.47. The molecule has 1 aliphatic heterocycles. The highest BCUT2D eigenvalue weighted by Crippen LogP contribution is 2.39. The first kappa shape index (κ1) is 25.7. The molecule has 0 spiro atoms. The third-order valence-electron chi connectivity index (χ3n) is 6.40. The van der Waals surface area contributed by atoms with Gasteiger partial charge in [0.1, 0.15) is 5.60 Å². The monoisotopic (exact) mass is 504 g/mol. The molecule has 1 saturated carbocycles. The van der Waals surface area contributed by atoms with Gasteiger partial charge in [-0.05, 0) is 56.2 Å². The van der Waals surface area contributed by atoms with Crippen LogP contribution in [0.4, 0.5) is 13.6 Å². The molecule has 1 aromatic carbocycles. The molecule has 2 heterocycles.